The predicted octanol–water partition coefficient (Wildman–Crippen LogP) is 1.72. The molecule has 2 rings (SSSR count). The zero-order valence-electron chi connectivity index (χ0n) is 11.0. The summed E-state index contributed by atoms with van der Waals surface area (Å²) in [6.07, 6.45) is 1.20. The SMILES string of the molecule is CC(C)(C)[C@H]1OCC[C@@H]1CNC(=O)c1csnn1. The van der Waals surface area contributed by atoms with Gasteiger partial charge in [-0.15, -0.1) is 5.10 Å². The van der Waals surface area contributed by atoms with Gasteiger partial charge in [-0.3, -0.25) is 4.79 Å². The Kier molecular flexibility index (Phi) is 3.97. The highest BCUT2D eigenvalue weighted by Crippen LogP contribution is 2.34. The Morgan fingerprint density at radius 1 is 1.61 bits per heavy atom. The molecule has 0 spiro atoms. The standard InChI is InChI=1S/C12H19N3O2S/c1-12(2,3)10-8(4-5-17-10)6-13-11(16)9-7-18-15-14-9/h7-8,10H,4-6H2,1-3H3,(H,13,16)/t8-,10+/m1/s1. The van der Waals surface area contributed by atoms with Gasteiger partial charge in [-0.1, -0.05) is 25.3 Å². The highest BCUT2D eigenvalue weighted by Gasteiger charge is 2.37. The zero-order chi connectivity index (χ0) is 13.2. The summed E-state index contributed by atoms with van der Waals surface area (Å²) >= 11 is 1.18. The fourth-order valence-corrected chi connectivity index (χ4v) is 2.81. The van der Waals surface area contributed by atoms with Crippen molar-refractivity contribution in [3.8, 4) is 0 Å². The quantitative estimate of drug-likeness (QED) is 0.907. The molecule has 1 aromatic heterocycles. The topological polar surface area (TPSA) is 64.1 Å². The molecule has 0 aromatic carbocycles. The second-order valence-electron chi connectivity index (χ2n) is 5.71. The summed E-state index contributed by atoms with van der Waals surface area (Å²) in [5.41, 5.74) is 0.500. The molecule has 1 aliphatic heterocycles. The second-order valence-corrected chi connectivity index (χ2v) is 6.32. The van der Waals surface area contributed by atoms with Crippen molar-refractivity contribution in [3.63, 3.8) is 0 Å². The van der Waals surface area contributed by atoms with Gasteiger partial charge in [-0.25, -0.2) is 0 Å². The van der Waals surface area contributed by atoms with Crippen LogP contribution in [0.15, 0.2) is 5.38 Å². The number of aromatic nitrogens is 2. The number of ether oxygens (including phenoxy) is 1. The molecule has 5 nitrogen and oxygen atoms in total. The van der Waals surface area contributed by atoms with Crippen LogP contribution in [-0.4, -0.2) is 34.7 Å². The lowest BCUT2D eigenvalue weighted by molar-refractivity contribution is 0.00736. The summed E-state index contributed by atoms with van der Waals surface area (Å²) in [6, 6.07) is 0. The first kappa shape index (κ1) is 13.4. The molecule has 1 fully saturated rings. The highest BCUT2D eigenvalue weighted by molar-refractivity contribution is 7.03. The third-order valence-corrected chi connectivity index (χ3v) is 3.69. The van der Waals surface area contributed by atoms with Gasteiger partial charge in [-0.05, 0) is 23.4 Å². The van der Waals surface area contributed by atoms with E-state index in [2.05, 4.69) is 35.7 Å². The van der Waals surface area contributed by atoms with Gasteiger partial charge in [0.2, 0.25) is 0 Å². The molecule has 0 radical (unpaired) electrons. The Morgan fingerprint density at radius 2 is 2.39 bits per heavy atom. The van der Waals surface area contributed by atoms with E-state index in [0.29, 0.717) is 18.2 Å². The minimum absolute atomic E-state index is 0.105. The third-order valence-electron chi connectivity index (χ3n) is 3.19. The van der Waals surface area contributed by atoms with Crippen molar-refractivity contribution < 1.29 is 9.53 Å². The number of hydrogen-bond donors (Lipinski definition) is 1. The van der Waals surface area contributed by atoms with Crippen molar-refractivity contribution in [1.82, 2.24) is 14.9 Å². The second kappa shape index (κ2) is 5.32. The average Bonchev–Trinajstić information content (AvgIpc) is 2.95. The molecular weight excluding hydrogens is 250 g/mol. The van der Waals surface area contributed by atoms with Crippen molar-refractivity contribution >= 4 is 17.4 Å². The minimum atomic E-state index is -0.150. The molecule has 18 heavy (non-hydrogen) atoms. The maximum absolute atomic E-state index is 11.8. The first-order chi connectivity index (χ1) is 8.48. The molecular formula is C12H19N3O2S. The van der Waals surface area contributed by atoms with Crippen LogP contribution in [0.3, 0.4) is 0 Å². The van der Waals surface area contributed by atoms with Gasteiger partial charge in [0.25, 0.3) is 5.91 Å². The molecule has 0 aliphatic carbocycles. The predicted molar refractivity (Wildman–Crippen MR) is 69.5 cm³/mol. The lowest BCUT2D eigenvalue weighted by Gasteiger charge is -2.31. The van der Waals surface area contributed by atoms with E-state index in [0.717, 1.165) is 13.0 Å². The molecule has 0 saturated carbocycles. The van der Waals surface area contributed by atoms with E-state index in [1.165, 1.54) is 11.5 Å². The van der Waals surface area contributed by atoms with Gasteiger partial charge in [0, 0.05) is 24.4 Å². The highest BCUT2D eigenvalue weighted by atomic mass is 32.1. The number of nitrogens with zero attached hydrogens (tertiary/aromatic N) is 2. The van der Waals surface area contributed by atoms with Gasteiger partial charge in [0.05, 0.1) is 6.10 Å². The van der Waals surface area contributed by atoms with Crippen LogP contribution in [0, 0.1) is 11.3 Å². The smallest absolute Gasteiger partial charge is 0.272 e. The molecule has 1 aliphatic rings. The first-order valence-electron chi connectivity index (χ1n) is 6.15. The van der Waals surface area contributed by atoms with Crippen LogP contribution in [0.2, 0.25) is 0 Å². The van der Waals surface area contributed by atoms with Crippen molar-refractivity contribution in [2.75, 3.05) is 13.2 Å². The largest absolute Gasteiger partial charge is 0.377 e. The molecule has 0 bridgehead atoms. The van der Waals surface area contributed by atoms with Crippen LogP contribution in [0.25, 0.3) is 0 Å². The summed E-state index contributed by atoms with van der Waals surface area (Å²) < 4.78 is 9.46. The van der Waals surface area contributed by atoms with E-state index in [-0.39, 0.29) is 17.4 Å². The Bertz CT molecular complexity index is 400. The monoisotopic (exact) mass is 269 g/mol. The number of hydrogen-bond acceptors (Lipinski definition) is 5. The van der Waals surface area contributed by atoms with Crippen LogP contribution < -0.4 is 5.32 Å². The van der Waals surface area contributed by atoms with E-state index >= 15 is 0 Å². The molecule has 2 atom stereocenters. The Labute approximate surface area is 111 Å². The number of amides is 1. The molecule has 1 saturated heterocycles. The molecule has 1 aromatic rings. The summed E-state index contributed by atoms with van der Waals surface area (Å²) in [5, 5.41) is 8.32. The normalized spacial score (nSPS) is 24.2. The van der Waals surface area contributed by atoms with Crippen LogP contribution >= 0.6 is 11.5 Å². The third kappa shape index (κ3) is 3.05. The van der Waals surface area contributed by atoms with E-state index in [1.807, 2.05) is 0 Å². The minimum Gasteiger partial charge on any atom is -0.377 e. The summed E-state index contributed by atoms with van der Waals surface area (Å²) in [5.74, 6) is 0.226. The van der Waals surface area contributed by atoms with Gasteiger partial charge in [0.15, 0.2) is 5.69 Å². The molecule has 1 N–H and O–H groups in total. The van der Waals surface area contributed by atoms with E-state index in [4.69, 9.17) is 4.74 Å². The Hall–Kier alpha value is -1.01. The Balaban J connectivity index is 1.88. The maximum atomic E-state index is 11.8. The van der Waals surface area contributed by atoms with Gasteiger partial charge in [0.1, 0.15) is 0 Å². The van der Waals surface area contributed by atoms with Crippen LogP contribution in [-0.2, 0) is 4.74 Å². The summed E-state index contributed by atoms with van der Waals surface area (Å²) in [7, 11) is 0. The summed E-state index contributed by atoms with van der Waals surface area (Å²) in [4.78, 5) is 11.8. The van der Waals surface area contributed by atoms with Crippen molar-refractivity contribution in [1.29, 1.82) is 0 Å². The molecule has 100 valence electrons. The van der Waals surface area contributed by atoms with E-state index in [9.17, 15) is 4.79 Å². The fraction of sp³-hybridized carbons (Fsp3) is 0.750. The molecule has 1 amide bonds. The average molecular weight is 269 g/mol. The fourth-order valence-electron chi connectivity index (χ4n) is 2.38. The lowest BCUT2D eigenvalue weighted by atomic mass is 9.81. The number of carbonyl (C=O) groups excluding carboxylic acids is 1. The van der Waals surface area contributed by atoms with Crippen molar-refractivity contribution in [2.24, 2.45) is 11.3 Å². The Morgan fingerprint density at radius 3 is 3.00 bits per heavy atom. The van der Waals surface area contributed by atoms with Crippen LogP contribution in [0.1, 0.15) is 37.7 Å². The van der Waals surface area contributed by atoms with Crippen molar-refractivity contribution in [2.45, 2.75) is 33.3 Å². The lowest BCUT2D eigenvalue weighted by Crippen LogP contribution is -2.38. The van der Waals surface area contributed by atoms with Gasteiger partial charge >= 0.3 is 0 Å². The molecule has 6 heteroatoms. The van der Waals surface area contributed by atoms with E-state index < -0.39 is 0 Å². The van der Waals surface area contributed by atoms with E-state index in [1.54, 1.807) is 5.38 Å². The van der Waals surface area contributed by atoms with Crippen LogP contribution in [0.4, 0.5) is 0 Å². The zero-order valence-corrected chi connectivity index (χ0v) is 11.8. The van der Waals surface area contributed by atoms with Gasteiger partial charge < -0.3 is 10.1 Å². The molecule has 0 unspecified atom stereocenters. The first-order valence-corrected chi connectivity index (χ1v) is 6.99. The number of carbonyl (C=O) groups is 1. The maximum Gasteiger partial charge on any atom is 0.272 e. The van der Waals surface area contributed by atoms with Crippen LogP contribution in [0.5, 0.6) is 0 Å². The van der Waals surface area contributed by atoms with Gasteiger partial charge in [-0.2, -0.15) is 0 Å². The molecule has 2 heterocycles. The number of nitrogens with one attached hydrogen (secondary N) is 1. The summed E-state index contributed by atoms with van der Waals surface area (Å²) in [6.45, 7) is 7.92. The van der Waals surface area contributed by atoms with Crippen molar-refractivity contribution in [3.05, 3.63) is 11.1 Å². The number of rotatable bonds is 3.